The zero-order chi connectivity index (χ0) is 37.5. The van der Waals surface area contributed by atoms with Gasteiger partial charge in [0.05, 0.1) is 11.0 Å². The van der Waals surface area contributed by atoms with Gasteiger partial charge in [-0.05, 0) is 48.5 Å². The molecule has 6 heteroatoms. The first-order valence-electron chi connectivity index (χ1n) is 19.0. The Balaban J connectivity index is 1.06. The summed E-state index contributed by atoms with van der Waals surface area (Å²) >= 11 is 3.65. The van der Waals surface area contributed by atoms with Gasteiger partial charge in [0, 0.05) is 84.6 Å². The molecule has 0 amide bonds. The molecule has 0 bridgehead atoms. The minimum Gasteiger partial charge on any atom is -0.309 e. The maximum absolute atomic E-state index is 5.25. The number of aromatic nitrogens is 4. The van der Waals surface area contributed by atoms with Crippen molar-refractivity contribution >= 4 is 84.8 Å². The summed E-state index contributed by atoms with van der Waals surface area (Å²) in [5.74, 6) is 1.99. The van der Waals surface area contributed by atoms with Crippen molar-refractivity contribution in [3.05, 3.63) is 182 Å². The van der Waals surface area contributed by atoms with Crippen molar-refractivity contribution in [1.29, 1.82) is 0 Å². The van der Waals surface area contributed by atoms with Gasteiger partial charge in [-0.1, -0.05) is 133 Å². The summed E-state index contributed by atoms with van der Waals surface area (Å²) in [5, 5.41) is 7.32. The second kappa shape index (κ2) is 12.8. The topological polar surface area (TPSA) is 43.6 Å². The first-order chi connectivity index (χ1) is 28.3. The number of benzene rings is 8. The quantitative estimate of drug-likeness (QED) is 0.175. The van der Waals surface area contributed by atoms with Gasteiger partial charge in [0.15, 0.2) is 17.5 Å². The lowest BCUT2D eigenvalue weighted by molar-refractivity contribution is 1.08. The smallest absolute Gasteiger partial charge is 0.164 e. The molecular weight excluding hydrogens is 733 g/mol. The molecule has 57 heavy (non-hydrogen) atoms. The molecule has 0 saturated carbocycles. The molecule has 0 N–H and O–H groups in total. The maximum Gasteiger partial charge on any atom is 0.164 e. The zero-order valence-electron chi connectivity index (χ0n) is 30.4. The Morgan fingerprint density at radius 1 is 0.368 bits per heavy atom. The highest BCUT2D eigenvalue weighted by atomic mass is 32.1. The molecule has 0 atom stereocenters. The van der Waals surface area contributed by atoms with Gasteiger partial charge in [-0.25, -0.2) is 15.0 Å². The lowest BCUT2D eigenvalue weighted by Gasteiger charge is -2.12. The van der Waals surface area contributed by atoms with Crippen LogP contribution in [0.3, 0.4) is 0 Å². The van der Waals surface area contributed by atoms with Crippen molar-refractivity contribution < 1.29 is 0 Å². The maximum atomic E-state index is 5.25. The van der Waals surface area contributed by atoms with E-state index in [-0.39, 0.29) is 0 Å². The molecule has 4 heterocycles. The third kappa shape index (κ3) is 5.08. The predicted octanol–water partition coefficient (Wildman–Crippen LogP) is 14.4. The second-order valence-corrected chi connectivity index (χ2v) is 16.5. The highest BCUT2D eigenvalue weighted by Gasteiger charge is 2.21. The monoisotopic (exact) mass is 762 g/mol. The molecule has 0 aliphatic rings. The molecule has 266 valence electrons. The normalized spacial score (nSPS) is 11.9. The fourth-order valence-electron chi connectivity index (χ4n) is 8.53. The van der Waals surface area contributed by atoms with Crippen molar-refractivity contribution in [3.8, 4) is 51.0 Å². The van der Waals surface area contributed by atoms with Crippen LogP contribution in [0.25, 0.3) is 113 Å². The minimum absolute atomic E-state index is 0.657. The van der Waals surface area contributed by atoms with Crippen molar-refractivity contribution in [1.82, 2.24) is 19.5 Å². The van der Waals surface area contributed by atoms with E-state index in [1.54, 1.807) is 11.3 Å². The average Bonchev–Trinajstić information content (AvgIpc) is 3.96. The van der Waals surface area contributed by atoms with Gasteiger partial charge in [-0.2, -0.15) is 0 Å². The molecule has 0 spiro atoms. The van der Waals surface area contributed by atoms with Crippen LogP contribution in [-0.2, 0) is 0 Å². The van der Waals surface area contributed by atoms with E-state index in [1.165, 1.54) is 73.3 Å². The summed E-state index contributed by atoms with van der Waals surface area (Å²) in [6.07, 6.45) is 0. The Bertz CT molecular complexity index is 3530. The van der Waals surface area contributed by atoms with Crippen LogP contribution in [0.2, 0.25) is 0 Å². The lowest BCUT2D eigenvalue weighted by atomic mass is 9.99. The molecule has 4 aromatic heterocycles. The Morgan fingerprint density at radius 3 is 1.84 bits per heavy atom. The summed E-state index contributed by atoms with van der Waals surface area (Å²) in [6.45, 7) is 0. The number of hydrogen-bond donors (Lipinski definition) is 0. The molecule has 0 radical (unpaired) electrons. The van der Waals surface area contributed by atoms with Crippen LogP contribution in [0.4, 0.5) is 0 Å². The van der Waals surface area contributed by atoms with Crippen LogP contribution in [-0.4, -0.2) is 19.5 Å². The lowest BCUT2D eigenvalue weighted by Crippen LogP contribution is -2.00. The second-order valence-electron chi connectivity index (χ2n) is 14.3. The fourth-order valence-corrected chi connectivity index (χ4v) is 10.9. The highest BCUT2D eigenvalue weighted by molar-refractivity contribution is 7.26. The first-order valence-corrected chi connectivity index (χ1v) is 20.7. The van der Waals surface area contributed by atoms with Crippen LogP contribution >= 0.6 is 22.7 Å². The van der Waals surface area contributed by atoms with Crippen molar-refractivity contribution in [3.63, 3.8) is 0 Å². The zero-order valence-corrected chi connectivity index (χ0v) is 32.1. The Labute approximate surface area is 335 Å². The predicted molar refractivity (Wildman–Crippen MR) is 242 cm³/mol. The first kappa shape index (κ1) is 32.3. The number of fused-ring (bicyclic) bond motifs is 9. The minimum atomic E-state index is 0.657. The highest BCUT2D eigenvalue weighted by Crippen LogP contribution is 2.45. The van der Waals surface area contributed by atoms with Gasteiger partial charge in [-0.15, -0.1) is 22.7 Å². The molecule has 0 saturated heterocycles. The van der Waals surface area contributed by atoms with E-state index in [0.717, 1.165) is 22.4 Å². The van der Waals surface area contributed by atoms with E-state index in [0.29, 0.717) is 17.5 Å². The molecule has 0 fully saturated rings. The number of hydrogen-bond acceptors (Lipinski definition) is 5. The summed E-state index contributed by atoms with van der Waals surface area (Å²) in [4.78, 5) is 15.5. The molecule has 0 unspecified atom stereocenters. The summed E-state index contributed by atoms with van der Waals surface area (Å²) < 4.78 is 7.39. The summed E-state index contributed by atoms with van der Waals surface area (Å²) in [5.41, 5.74) is 8.95. The average molecular weight is 763 g/mol. The number of nitrogens with zero attached hydrogens (tertiary/aromatic N) is 4. The molecule has 12 aromatic rings. The van der Waals surface area contributed by atoms with Crippen LogP contribution in [0.15, 0.2) is 182 Å². The van der Waals surface area contributed by atoms with Crippen molar-refractivity contribution in [2.75, 3.05) is 0 Å². The SMILES string of the molecule is c1ccc(-c2nc(-c3ccc4sc5c(-c6cccc7c8ccccc8n(-c8ccccc8)c67)cccc5c4c3)nc(-c3cccc4sc5ccccc5c34)n2)cc1. The summed E-state index contributed by atoms with van der Waals surface area (Å²) in [6, 6.07) is 64.8. The van der Waals surface area contributed by atoms with Crippen LogP contribution in [0.5, 0.6) is 0 Å². The molecule has 0 aliphatic carbocycles. The Kier molecular flexibility index (Phi) is 7.24. The van der Waals surface area contributed by atoms with E-state index in [9.17, 15) is 0 Å². The molecular formula is C51H30N4S2. The largest absolute Gasteiger partial charge is 0.309 e. The van der Waals surface area contributed by atoms with Crippen molar-refractivity contribution in [2.45, 2.75) is 0 Å². The third-order valence-electron chi connectivity index (χ3n) is 11.1. The van der Waals surface area contributed by atoms with E-state index in [2.05, 4.69) is 168 Å². The van der Waals surface area contributed by atoms with E-state index in [1.807, 2.05) is 29.5 Å². The van der Waals surface area contributed by atoms with Crippen molar-refractivity contribution in [2.24, 2.45) is 0 Å². The third-order valence-corrected chi connectivity index (χ3v) is 13.4. The summed E-state index contributed by atoms with van der Waals surface area (Å²) in [7, 11) is 0. The Morgan fingerprint density at radius 2 is 0.982 bits per heavy atom. The van der Waals surface area contributed by atoms with Crippen LogP contribution < -0.4 is 0 Å². The molecule has 12 rings (SSSR count). The van der Waals surface area contributed by atoms with Gasteiger partial charge < -0.3 is 4.57 Å². The molecule has 8 aromatic carbocycles. The van der Waals surface area contributed by atoms with Gasteiger partial charge in [-0.3, -0.25) is 0 Å². The number of rotatable bonds is 5. The van der Waals surface area contributed by atoms with E-state index < -0.39 is 0 Å². The molecule has 0 aliphatic heterocycles. The van der Waals surface area contributed by atoms with Gasteiger partial charge >= 0.3 is 0 Å². The molecule has 4 nitrogen and oxygen atoms in total. The standard InChI is InChI=1S/C51H30N4S2/c1-3-14-31(15-4-1)49-52-50(54-51(53-49)40-24-13-27-45-46(40)39-19-8-10-26-43(39)56-45)32-28-29-44-41(30-32)38-23-12-22-37(48(38)57-44)36-21-11-20-35-34-18-7-9-25-42(34)55(47(35)36)33-16-5-2-6-17-33/h1-30H. The van der Waals surface area contributed by atoms with E-state index >= 15 is 0 Å². The van der Waals surface area contributed by atoms with Crippen LogP contribution in [0, 0.1) is 0 Å². The number of para-hydroxylation sites is 3. The Hall–Kier alpha value is -6.99. The van der Waals surface area contributed by atoms with Gasteiger partial charge in [0.25, 0.3) is 0 Å². The fraction of sp³-hybridized carbons (Fsp3) is 0. The van der Waals surface area contributed by atoms with E-state index in [4.69, 9.17) is 15.0 Å². The van der Waals surface area contributed by atoms with Crippen LogP contribution in [0.1, 0.15) is 0 Å². The van der Waals surface area contributed by atoms with Gasteiger partial charge in [0.2, 0.25) is 0 Å². The number of thiophene rings is 2. The van der Waals surface area contributed by atoms with Gasteiger partial charge in [0.1, 0.15) is 0 Å².